The summed E-state index contributed by atoms with van der Waals surface area (Å²) in [6, 6.07) is 10.5. The van der Waals surface area contributed by atoms with Gasteiger partial charge >= 0.3 is 6.36 Å². The predicted molar refractivity (Wildman–Crippen MR) is 112 cm³/mol. The number of nitrogens with two attached hydrogens (primary N) is 1. The van der Waals surface area contributed by atoms with E-state index in [9.17, 15) is 18.0 Å². The normalized spacial score (nSPS) is 11.6. The van der Waals surface area contributed by atoms with Gasteiger partial charge in [-0.1, -0.05) is 18.2 Å². The third-order valence-electron chi connectivity index (χ3n) is 3.62. The van der Waals surface area contributed by atoms with Gasteiger partial charge in [0, 0.05) is 25.4 Å². The van der Waals surface area contributed by atoms with Gasteiger partial charge in [-0.3, -0.25) is 4.79 Å². The Morgan fingerprint density at radius 1 is 1.14 bits per heavy atom. The molecule has 0 aliphatic carbocycles. The molecule has 0 aliphatic rings. The highest BCUT2D eigenvalue weighted by molar-refractivity contribution is 14.0. The first-order valence-electron chi connectivity index (χ1n) is 8.37. The van der Waals surface area contributed by atoms with Crippen LogP contribution in [-0.2, 0) is 13.1 Å². The van der Waals surface area contributed by atoms with Crippen molar-refractivity contribution >= 4 is 29.9 Å². The van der Waals surface area contributed by atoms with E-state index in [1.165, 1.54) is 30.3 Å². The first kappa shape index (κ1) is 23.8. The maximum atomic E-state index is 12.1. The molecule has 0 fully saturated rings. The van der Waals surface area contributed by atoms with E-state index in [1.807, 2.05) is 6.07 Å². The van der Waals surface area contributed by atoms with Crippen LogP contribution in [0, 0.1) is 0 Å². The Morgan fingerprint density at radius 2 is 1.86 bits per heavy atom. The van der Waals surface area contributed by atoms with Crippen molar-refractivity contribution in [1.29, 1.82) is 0 Å². The molecule has 0 aliphatic heterocycles. The highest BCUT2D eigenvalue weighted by Crippen LogP contribution is 2.22. The summed E-state index contributed by atoms with van der Waals surface area (Å²) in [7, 11) is 0. The monoisotopic (exact) mass is 510 g/mol. The SMILES string of the molecule is I.NC(=NCc1ccc(OC(F)(F)F)cc1)NCCCCn1ccccc1=O. The zero-order chi connectivity index (χ0) is 19.7. The molecule has 6 nitrogen and oxygen atoms in total. The molecule has 0 atom stereocenters. The number of nitrogens with one attached hydrogen (secondary N) is 1. The van der Waals surface area contributed by atoms with Crippen molar-refractivity contribution in [2.24, 2.45) is 10.7 Å². The fourth-order valence-corrected chi connectivity index (χ4v) is 2.30. The van der Waals surface area contributed by atoms with Crippen LogP contribution in [0.4, 0.5) is 13.2 Å². The lowest BCUT2D eigenvalue weighted by Gasteiger charge is -2.09. The Bertz CT molecular complexity index is 807. The van der Waals surface area contributed by atoms with Crippen LogP contribution in [0.3, 0.4) is 0 Å². The summed E-state index contributed by atoms with van der Waals surface area (Å²) >= 11 is 0. The number of benzene rings is 1. The number of alkyl halides is 3. The van der Waals surface area contributed by atoms with E-state index in [4.69, 9.17) is 5.73 Å². The molecule has 0 saturated heterocycles. The Kier molecular flexibility index (Phi) is 9.83. The van der Waals surface area contributed by atoms with E-state index in [0.29, 0.717) is 18.7 Å². The van der Waals surface area contributed by atoms with Gasteiger partial charge in [-0.25, -0.2) is 4.99 Å². The summed E-state index contributed by atoms with van der Waals surface area (Å²) in [6.07, 6.45) is -1.34. The molecule has 2 aromatic rings. The number of halogens is 4. The van der Waals surface area contributed by atoms with E-state index in [-0.39, 0.29) is 47.8 Å². The standard InChI is InChI=1S/C18H21F3N4O2.HI/c19-18(20,21)27-15-8-6-14(7-9-15)13-24-17(22)23-10-2-4-12-25-11-3-1-5-16(25)26;/h1,3,5-9,11H,2,4,10,12-13H2,(H3,22,23,24);1H. The molecule has 0 bridgehead atoms. The second-order valence-corrected chi connectivity index (χ2v) is 5.76. The number of unbranched alkanes of at least 4 members (excludes halogenated alkanes) is 1. The first-order valence-corrected chi connectivity index (χ1v) is 8.37. The number of aliphatic imine (C=N–C) groups is 1. The lowest BCUT2D eigenvalue weighted by atomic mass is 10.2. The Morgan fingerprint density at radius 3 is 2.50 bits per heavy atom. The van der Waals surface area contributed by atoms with E-state index in [0.717, 1.165) is 12.8 Å². The van der Waals surface area contributed by atoms with Crippen molar-refractivity contribution in [1.82, 2.24) is 9.88 Å². The molecule has 10 heteroatoms. The molecule has 154 valence electrons. The van der Waals surface area contributed by atoms with E-state index in [1.54, 1.807) is 16.8 Å². The summed E-state index contributed by atoms with van der Waals surface area (Å²) in [6.45, 7) is 1.48. The van der Waals surface area contributed by atoms with Crippen molar-refractivity contribution in [2.75, 3.05) is 6.54 Å². The smallest absolute Gasteiger partial charge is 0.406 e. The van der Waals surface area contributed by atoms with Gasteiger partial charge in [-0.15, -0.1) is 37.1 Å². The Labute approximate surface area is 177 Å². The molecule has 0 amide bonds. The average Bonchev–Trinajstić information content (AvgIpc) is 2.61. The van der Waals surface area contributed by atoms with Gasteiger partial charge in [0.25, 0.3) is 0 Å². The predicted octanol–water partition coefficient (Wildman–Crippen LogP) is 3.25. The molecule has 1 heterocycles. The second-order valence-electron chi connectivity index (χ2n) is 5.76. The third-order valence-corrected chi connectivity index (χ3v) is 3.62. The van der Waals surface area contributed by atoms with Crippen LogP contribution >= 0.6 is 24.0 Å². The molecular weight excluding hydrogens is 488 g/mol. The summed E-state index contributed by atoms with van der Waals surface area (Å²) in [5.74, 6) is -0.0265. The number of hydrogen-bond acceptors (Lipinski definition) is 3. The fourth-order valence-electron chi connectivity index (χ4n) is 2.30. The van der Waals surface area contributed by atoms with Crippen LogP contribution in [-0.4, -0.2) is 23.4 Å². The number of aryl methyl sites for hydroxylation is 1. The van der Waals surface area contributed by atoms with Gasteiger partial charge in [0.1, 0.15) is 5.75 Å². The van der Waals surface area contributed by atoms with E-state index in [2.05, 4.69) is 15.0 Å². The van der Waals surface area contributed by atoms with Crippen LogP contribution in [0.25, 0.3) is 0 Å². The topological polar surface area (TPSA) is 81.6 Å². The van der Waals surface area contributed by atoms with Crippen molar-refractivity contribution in [3.05, 3.63) is 64.6 Å². The van der Waals surface area contributed by atoms with Crippen LogP contribution < -0.4 is 21.3 Å². The molecule has 0 radical (unpaired) electrons. The molecule has 3 N–H and O–H groups in total. The molecule has 0 spiro atoms. The van der Waals surface area contributed by atoms with Crippen molar-refractivity contribution in [2.45, 2.75) is 32.3 Å². The van der Waals surface area contributed by atoms with Crippen LogP contribution in [0.2, 0.25) is 0 Å². The number of aromatic nitrogens is 1. The summed E-state index contributed by atoms with van der Waals surface area (Å²) in [4.78, 5) is 15.7. The first-order chi connectivity index (χ1) is 12.8. The van der Waals surface area contributed by atoms with Gasteiger partial charge in [-0.05, 0) is 36.6 Å². The van der Waals surface area contributed by atoms with E-state index < -0.39 is 6.36 Å². The summed E-state index contributed by atoms with van der Waals surface area (Å²) in [5.41, 5.74) is 6.44. The number of pyridine rings is 1. The average molecular weight is 510 g/mol. The molecule has 0 saturated carbocycles. The highest BCUT2D eigenvalue weighted by atomic mass is 127. The largest absolute Gasteiger partial charge is 0.573 e. The maximum absolute atomic E-state index is 12.1. The molecule has 28 heavy (non-hydrogen) atoms. The van der Waals surface area contributed by atoms with Crippen LogP contribution in [0.1, 0.15) is 18.4 Å². The molecule has 0 unspecified atom stereocenters. The number of hydrogen-bond donors (Lipinski definition) is 2. The zero-order valence-electron chi connectivity index (χ0n) is 15.0. The quantitative estimate of drug-likeness (QED) is 0.247. The Balaban J connectivity index is 0.00000392. The third kappa shape index (κ3) is 9.11. The minimum atomic E-state index is -4.71. The Hall–Kier alpha value is -2.24. The molecular formula is C18H22F3IN4O2. The molecule has 2 rings (SSSR count). The minimum Gasteiger partial charge on any atom is -0.406 e. The van der Waals surface area contributed by atoms with Gasteiger partial charge in [0.2, 0.25) is 5.56 Å². The molecule has 1 aromatic carbocycles. The fraction of sp³-hybridized carbons (Fsp3) is 0.333. The highest BCUT2D eigenvalue weighted by Gasteiger charge is 2.30. The lowest BCUT2D eigenvalue weighted by Crippen LogP contribution is -2.32. The van der Waals surface area contributed by atoms with Gasteiger partial charge in [-0.2, -0.15) is 0 Å². The number of ether oxygens (including phenoxy) is 1. The van der Waals surface area contributed by atoms with E-state index >= 15 is 0 Å². The summed E-state index contributed by atoms with van der Waals surface area (Å²) < 4.78 is 41.7. The van der Waals surface area contributed by atoms with Gasteiger partial charge < -0.3 is 20.4 Å². The van der Waals surface area contributed by atoms with Crippen molar-refractivity contribution in [3.8, 4) is 5.75 Å². The summed E-state index contributed by atoms with van der Waals surface area (Å²) in [5, 5.41) is 2.96. The number of guanidine groups is 1. The molecule has 1 aromatic heterocycles. The van der Waals surface area contributed by atoms with Crippen LogP contribution in [0.15, 0.2) is 58.4 Å². The number of nitrogens with zero attached hydrogens (tertiary/aromatic N) is 2. The van der Waals surface area contributed by atoms with Gasteiger partial charge in [0.15, 0.2) is 5.96 Å². The number of rotatable bonds is 8. The lowest BCUT2D eigenvalue weighted by molar-refractivity contribution is -0.274. The maximum Gasteiger partial charge on any atom is 0.573 e. The zero-order valence-corrected chi connectivity index (χ0v) is 17.3. The van der Waals surface area contributed by atoms with Gasteiger partial charge in [0.05, 0.1) is 6.54 Å². The van der Waals surface area contributed by atoms with Crippen LogP contribution in [0.5, 0.6) is 5.75 Å². The minimum absolute atomic E-state index is 0. The van der Waals surface area contributed by atoms with Crippen molar-refractivity contribution in [3.63, 3.8) is 0 Å². The van der Waals surface area contributed by atoms with Crippen molar-refractivity contribution < 1.29 is 17.9 Å². The second kappa shape index (κ2) is 11.6.